The normalized spacial score (nSPS) is 15.7. The molecule has 0 bridgehead atoms. The first kappa shape index (κ1) is 3.98. The van der Waals surface area contributed by atoms with E-state index in [1.165, 1.54) is 12.5 Å². The summed E-state index contributed by atoms with van der Waals surface area (Å²) in [6.45, 7) is 0. The molecule has 1 heterocycles. The molecule has 7 heavy (non-hydrogen) atoms. The van der Waals surface area contributed by atoms with Crippen LogP contribution in [0.1, 0.15) is 0 Å². The van der Waals surface area contributed by atoms with E-state index in [-0.39, 0.29) is 5.82 Å². The lowest BCUT2D eigenvalue weighted by molar-refractivity contribution is 1.10. The zero-order valence-corrected chi connectivity index (χ0v) is 3.40. The Morgan fingerprint density at radius 1 is 1.71 bits per heavy atom. The topological polar surface area (TPSA) is 55.9 Å². The Morgan fingerprint density at radius 3 is 2.86 bits per heavy atom. The van der Waals surface area contributed by atoms with Crippen LogP contribution < -0.4 is 5.32 Å². The first-order valence-corrected chi connectivity index (χ1v) is 1.69. The van der Waals surface area contributed by atoms with Crippen molar-refractivity contribution in [3.8, 4) is 0 Å². The van der Waals surface area contributed by atoms with Gasteiger partial charge in [-0.1, -0.05) is 0 Å². The third-order valence-corrected chi connectivity index (χ3v) is 0.540. The molecule has 1 aliphatic rings. The second-order valence-electron chi connectivity index (χ2n) is 0.972. The molecule has 1 aliphatic heterocycles. The summed E-state index contributed by atoms with van der Waals surface area (Å²) < 4.78 is 0. The van der Waals surface area contributed by atoms with Crippen LogP contribution in [0.3, 0.4) is 0 Å². The van der Waals surface area contributed by atoms with Gasteiger partial charge in [-0.3, -0.25) is 0 Å². The van der Waals surface area contributed by atoms with Crippen molar-refractivity contribution in [2.75, 3.05) is 0 Å². The van der Waals surface area contributed by atoms with Crippen LogP contribution in [0.5, 0.6) is 0 Å². The minimum absolute atomic E-state index is 0.139. The molecule has 1 radical (unpaired) electrons. The Hall–Kier alpha value is -1.19. The molecule has 1 rings (SSSR count). The standard InChI is InChI=1S/C3H2N3O/c7-6-3-1-4-2-5-3/h1-2H. The Labute approximate surface area is 39.9 Å². The van der Waals surface area contributed by atoms with Gasteiger partial charge in [0.2, 0.25) is 5.82 Å². The predicted molar refractivity (Wildman–Crippen MR) is 24.5 cm³/mol. The summed E-state index contributed by atoms with van der Waals surface area (Å²) in [6.07, 6.45) is 2.57. The zero-order chi connectivity index (χ0) is 5.11. The van der Waals surface area contributed by atoms with E-state index in [1.54, 1.807) is 0 Å². The van der Waals surface area contributed by atoms with Gasteiger partial charge in [0.25, 0.3) is 0 Å². The SMILES string of the molecule is O=NC1=CN=C[N]1. The van der Waals surface area contributed by atoms with Crippen LogP contribution >= 0.6 is 0 Å². The van der Waals surface area contributed by atoms with Crippen molar-refractivity contribution in [2.45, 2.75) is 0 Å². The van der Waals surface area contributed by atoms with Crippen molar-refractivity contribution in [2.24, 2.45) is 10.2 Å². The second-order valence-corrected chi connectivity index (χ2v) is 0.972. The van der Waals surface area contributed by atoms with Gasteiger partial charge in [-0.2, -0.15) is 0 Å². The molecule has 0 N–H and O–H groups in total. The molecule has 35 valence electrons. The molecule has 0 amide bonds. The van der Waals surface area contributed by atoms with Crippen LogP contribution in [0, 0.1) is 4.91 Å². The van der Waals surface area contributed by atoms with E-state index in [2.05, 4.69) is 15.5 Å². The summed E-state index contributed by atoms with van der Waals surface area (Å²) in [7, 11) is 0. The Morgan fingerprint density at radius 2 is 2.57 bits per heavy atom. The zero-order valence-electron chi connectivity index (χ0n) is 3.40. The third kappa shape index (κ3) is 0.623. The van der Waals surface area contributed by atoms with Crippen molar-refractivity contribution in [3.05, 3.63) is 16.9 Å². The fraction of sp³-hybridized carbons (Fsp3) is 0. The van der Waals surface area contributed by atoms with Gasteiger partial charge in [-0.25, -0.2) is 10.3 Å². The first-order valence-electron chi connectivity index (χ1n) is 1.69. The molecule has 0 fully saturated rings. The fourth-order valence-corrected chi connectivity index (χ4v) is 0.273. The van der Waals surface area contributed by atoms with Gasteiger partial charge in [0, 0.05) is 0 Å². The molecule has 0 saturated heterocycles. The molecule has 4 nitrogen and oxygen atoms in total. The van der Waals surface area contributed by atoms with Crippen LogP contribution in [-0.2, 0) is 0 Å². The number of hydrogen-bond acceptors (Lipinski definition) is 3. The van der Waals surface area contributed by atoms with E-state index in [0.29, 0.717) is 0 Å². The minimum Gasteiger partial charge on any atom is -0.241 e. The molecule has 0 spiro atoms. The summed E-state index contributed by atoms with van der Waals surface area (Å²) in [5, 5.41) is 5.95. The van der Waals surface area contributed by atoms with Gasteiger partial charge >= 0.3 is 0 Å². The average Bonchev–Trinajstić information content (AvgIpc) is 2.14. The van der Waals surface area contributed by atoms with E-state index in [0.717, 1.165) is 0 Å². The maximum absolute atomic E-state index is 9.52. The Balaban J connectivity index is 2.61. The van der Waals surface area contributed by atoms with Gasteiger partial charge in [0.15, 0.2) is 0 Å². The molecule has 4 heteroatoms. The highest BCUT2D eigenvalue weighted by Gasteiger charge is 1.96. The number of nitroso groups, excluding NO2 is 1. The van der Waals surface area contributed by atoms with Crippen LogP contribution in [0.2, 0.25) is 0 Å². The highest BCUT2D eigenvalue weighted by atomic mass is 16.3. The van der Waals surface area contributed by atoms with Crippen molar-refractivity contribution >= 4 is 6.34 Å². The summed E-state index contributed by atoms with van der Waals surface area (Å²) in [6, 6.07) is 0. The molecular formula is C3H2N3O. The van der Waals surface area contributed by atoms with E-state index < -0.39 is 0 Å². The summed E-state index contributed by atoms with van der Waals surface area (Å²) >= 11 is 0. The number of aliphatic imine (C=N–C) groups is 1. The second kappa shape index (κ2) is 1.51. The van der Waals surface area contributed by atoms with Crippen LogP contribution in [0.15, 0.2) is 22.2 Å². The highest BCUT2D eigenvalue weighted by Crippen LogP contribution is 1.95. The predicted octanol–water partition coefficient (Wildman–Crippen LogP) is 0.198. The lowest BCUT2D eigenvalue weighted by Gasteiger charge is -1.75. The van der Waals surface area contributed by atoms with Crippen LogP contribution in [0.25, 0.3) is 0 Å². The molecule has 0 unspecified atom stereocenters. The van der Waals surface area contributed by atoms with E-state index >= 15 is 0 Å². The molecule has 0 aromatic heterocycles. The number of rotatable bonds is 1. The maximum atomic E-state index is 9.52. The molecular weight excluding hydrogens is 94.1 g/mol. The van der Waals surface area contributed by atoms with Crippen molar-refractivity contribution in [1.82, 2.24) is 5.32 Å². The molecule has 0 aliphatic carbocycles. The van der Waals surface area contributed by atoms with Gasteiger partial charge < -0.3 is 0 Å². The van der Waals surface area contributed by atoms with Crippen molar-refractivity contribution in [3.63, 3.8) is 0 Å². The molecule has 0 aromatic rings. The van der Waals surface area contributed by atoms with Crippen LogP contribution in [0.4, 0.5) is 0 Å². The fourth-order valence-electron chi connectivity index (χ4n) is 0.273. The van der Waals surface area contributed by atoms with E-state index in [4.69, 9.17) is 0 Å². The van der Waals surface area contributed by atoms with Crippen molar-refractivity contribution < 1.29 is 0 Å². The molecule has 0 atom stereocenters. The summed E-state index contributed by atoms with van der Waals surface area (Å²) in [4.78, 5) is 13.0. The largest absolute Gasteiger partial charge is 0.241 e. The van der Waals surface area contributed by atoms with E-state index in [1.807, 2.05) is 0 Å². The Kier molecular flexibility index (Phi) is 0.856. The lowest BCUT2D eigenvalue weighted by atomic mass is 10.8. The van der Waals surface area contributed by atoms with Crippen LogP contribution in [-0.4, -0.2) is 6.34 Å². The van der Waals surface area contributed by atoms with Gasteiger partial charge in [0.1, 0.15) is 6.34 Å². The number of hydrogen-bond donors (Lipinski definition) is 0. The maximum Gasteiger partial charge on any atom is 0.216 e. The molecule has 0 saturated carbocycles. The smallest absolute Gasteiger partial charge is 0.216 e. The Bertz CT molecular complexity index is 137. The quantitative estimate of drug-likeness (QED) is 0.430. The lowest BCUT2D eigenvalue weighted by Crippen LogP contribution is -1.90. The van der Waals surface area contributed by atoms with Gasteiger partial charge in [-0.05, 0) is 5.18 Å². The van der Waals surface area contributed by atoms with Gasteiger partial charge in [0.05, 0.1) is 6.20 Å². The monoisotopic (exact) mass is 96.0 g/mol. The summed E-state index contributed by atoms with van der Waals surface area (Å²) in [5.41, 5.74) is 0. The van der Waals surface area contributed by atoms with Crippen molar-refractivity contribution in [1.29, 1.82) is 0 Å². The van der Waals surface area contributed by atoms with Gasteiger partial charge in [-0.15, -0.1) is 4.91 Å². The molecule has 0 aromatic carbocycles. The number of nitrogens with zero attached hydrogens (tertiary/aromatic N) is 3. The average molecular weight is 96.1 g/mol. The highest BCUT2D eigenvalue weighted by molar-refractivity contribution is 5.60. The third-order valence-electron chi connectivity index (χ3n) is 0.540. The first-order chi connectivity index (χ1) is 3.43. The summed E-state index contributed by atoms with van der Waals surface area (Å²) in [5.74, 6) is 0.139. The minimum atomic E-state index is 0.139. The van der Waals surface area contributed by atoms with E-state index in [9.17, 15) is 4.91 Å².